The third kappa shape index (κ3) is 4.12. The SMILES string of the molecule is CCN(CC(C)(C)O)[C@@H](C)c1cn(-c2ccccc2)nn1. The lowest BCUT2D eigenvalue weighted by Gasteiger charge is -2.31. The van der Waals surface area contributed by atoms with Crippen LogP contribution in [-0.4, -0.2) is 43.7 Å². The van der Waals surface area contributed by atoms with Crippen LogP contribution in [0.3, 0.4) is 0 Å². The molecule has 0 fully saturated rings. The number of para-hydroxylation sites is 1. The molecule has 2 rings (SSSR count). The number of rotatable bonds is 6. The van der Waals surface area contributed by atoms with Crippen molar-refractivity contribution >= 4 is 0 Å². The van der Waals surface area contributed by atoms with Crippen molar-refractivity contribution in [3.05, 3.63) is 42.2 Å². The summed E-state index contributed by atoms with van der Waals surface area (Å²) in [5.41, 5.74) is 1.18. The van der Waals surface area contributed by atoms with E-state index in [9.17, 15) is 5.11 Å². The zero-order valence-electron chi connectivity index (χ0n) is 13.2. The summed E-state index contributed by atoms with van der Waals surface area (Å²) in [6, 6.07) is 10.0. The maximum atomic E-state index is 10.0. The number of hydrogen-bond acceptors (Lipinski definition) is 4. The number of nitrogens with zero attached hydrogens (tertiary/aromatic N) is 4. The van der Waals surface area contributed by atoms with Crippen molar-refractivity contribution in [1.82, 2.24) is 19.9 Å². The molecule has 1 heterocycles. The van der Waals surface area contributed by atoms with Crippen molar-refractivity contribution in [2.75, 3.05) is 13.1 Å². The first-order valence-electron chi connectivity index (χ1n) is 7.35. The van der Waals surface area contributed by atoms with Crippen LogP contribution in [-0.2, 0) is 0 Å². The van der Waals surface area contributed by atoms with Gasteiger partial charge in [0, 0.05) is 6.54 Å². The van der Waals surface area contributed by atoms with Crippen LogP contribution < -0.4 is 0 Å². The zero-order chi connectivity index (χ0) is 15.5. The second-order valence-corrected chi connectivity index (χ2v) is 5.98. The first-order valence-corrected chi connectivity index (χ1v) is 7.35. The van der Waals surface area contributed by atoms with Crippen molar-refractivity contribution in [3.63, 3.8) is 0 Å². The zero-order valence-corrected chi connectivity index (χ0v) is 13.2. The minimum absolute atomic E-state index is 0.110. The summed E-state index contributed by atoms with van der Waals surface area (Å²) in [5.74, 6) is 0. The molecule has 0 radical (unpaired) electrons. The molecule has 0 spiro atoms. The van der Waals surface area contributed by atoms with Gasteiger partial charge < -0.3 is 5.11 Å². The molecule has 0 bridgehead atoms. The van der Waals surface area contributed by atoms with Gasteiger partial charge in [-0.05, 0) is 39.4 Å². The Kier molecular flexibility index (Phi) is 4.75. The van der Waals surface area contributed by atoms with E-state index in [1.165, 1.54) is 0 Å². The molecule has 5 heteroatoms. The summed E-state index contributed by atoms with van der Waals surface area (Å²) in [5, 5.41) is 18.5. The normalized spacial score (nSPS) is 13.6. The summed E-state index contributed by atoms with van der Waals surface area (Å²) >= 11 is 0. The summed E-state index contributed by atoms with van der Waals surface area (Å²) in [6.45, 7) is 9.27. The summed E-state index contributed by atoms with van der Waals surface area (Å²) in [4.78, 5) is 2.19. The van der Waals surface area contributed by atoms with Crippen LogP contribution in [0.5, 0.6) is 0 Å². The third-order valence-electron chi connectivity index (χ3n) is 3.50. The number of benzene rings is 1. The average molecular weight is 288 g/mol. The fourth-order valence-electron chi connectivity index (χ4n) is 2.38. The lowest BCUT2D eigenvalue weighted by Crippen LogP contribution is -2.40. The van der Waals surface area contributed by atoms with E-state index in [0.717, 1.165) is 17.9 Å². The molecule has 1 atom stereocenters. The number of aromatic nitrogens is 3. The first kappa shape index (κ1) is 15.7. The standard InChI is InChI=1S/C16H24N4O/c1-5-19(12-16(3,4)21)13(2)15-11-20(18-17-15)14-9-7-6-8-10-14/h6-11,13,21H,5,12H2,1-4H3/t13-/m0/s1. The predicted molar refractivity (Wildman–Crippen MR) is 83.3 cm³/mol. The van der Waals surface area contributed by atoms with E-state index in [-0.39, 0.29) is 6.04 Å². The Balaban J connectivity index is 2.16. The third-order valence-corrected chi connectivity index (χ3v) is 3.50. The lowest BCUT2D eigenvalue weighted by molar-refractivity contribution is 0.0243. The summed E-state index contributed by atoms with van der Waals surface area (Å²) in [6.07, 6.45) is 1.95. The van der Waals surface area contributed by atoms with Gasteiger partial charge in [0.15, 0.2) is 0 Å². The highest BCUT2D eigenvalue weighted by Gasteiger charge is 2.23. The van der Waals surface area contributed by atoms with E-state index in [0.29, 0.717) is 6.54 Å². The van der Waals surface area contributed by atoms with E-state index >= 15 is 0 Å². The van der Waals surface area contributed by atoms with Crippen LogP contribution in [0.15, 0.2) is 36.5 Å². The fourth-order valence-corrected chi connectivity index (χ4v) is 2.38. The van der Waals surface area contributed by atoms with Gasteiger partial charge in [-0.15, -0.1) is 5.10 Å². The molecule has 2 aromatic rings. The Morgan fingerprint density at radius 2 is 1.95 bits per heavy atom. The van der Waals surface area contributed by atoms with Crippen LogP contribution in [0, 0.1) is 0 Å². The first-order chi connectivity index (χ1) is 9.90. The van der Waals surface area contributed by atoms with Gasteiger partial charge in [-0.3, -0.25) is 4.90 Å². The smallest absolute Gasteiger partial charge is 0.1000 e. The molecule has 0 unspecified atom stereocenters. The van der Waals surface area contributed by atoms with Gasteiger partial charge in [0.1, 0.15) is 0 Å². The minimum Gasteiger partial charge on any atom is -0.389 e. The molecule has 0 amide bonds. The molecule has 21 heavy (non-hydrogen) atoms. The molecular weight excluding hydrogens is 264 g/mol. The Hall–Kier alpha value is -1.72. The molecule has 5 nitrogen and oxygen atoms in total. The minimum atomic E-state index is -0.723. The van der Waals surface area contributed by atoms with Gasteiger partial charge in [-0.25, -0.2) is 4.68 Å². The van der Waals surface area contributed by atoms with Crippen LogP contribution in [0.4, 0.5) is 0 Å². The molecular formula is C16H24N4O. The lowest BCUT2D eigenvalue weighted by atomic mass is 10.1. The Morgan fingerprint density at radius 3 is 2.52 bits per heavy atom. The maximum Gasteiger partial charge on any atom is 0.1000 e. The van der Waals surface area contributed by atoms with Crippen LogP contribution in [0.25, 0.3) is 5.69 Å². The van der Waals surface area contributed by atoms with Crippen LogP contribution in [0.2, 0.25) is 0 Å². The predicted octanol–water partition coefficient (Wildman–Crippen LogP) is 2.42. The second kappa shape index (κ2) is 6.37. The van der Waals surface area contributed by atoms with Gasteiger partial charge in [0.25, 0.3) is 0 Å². The van der Waals surface area contributed by atoms with E-state index in [1.54, 1.807) is 4.68 Å². The van der Waals surface area contributed by atoms with Gasteiger partial charge in [-0.2, -0.15) is 0 Å². The summed E-state index contributed by atoms with van der Waals surface area (Å²) < 4.78 is 1.78. The van der Waals surface area contributed by atoms with E-state index in [1.807, 2.05) is 50.4 Å². The Morgan fingerprint density at radius 1 is 1.29 bits per heavy atom. The van der Waals surface area contributed by atoms with Crippen LogP contribution >= 0.6 is 0 Å². The molecule has 0 saturated carbocycles. The van der Waals surface area contributed by atoms with Crippen molar-refractivity contribution in [2.45, 2.75) is 39.3 Å². The number of likely N-dealkylation sites (N-methyl/N-ethyl adjacent to an activating group) is 1. The Bertz CT molecular complexity index is 559. The molecule has 114 valence electrons. The summed E-state index contributed by atoms with van der Waals surface area (Å²) in [7, 11) is 0. The molecule has 0 aliphatic carbocycles. The molecule has 0 aliphatic heterocycles. The van der Waals surface area contributed by atoms with Gasteiger partial charge >= 0.3 is 0 Å². The highest BCUT2D eigenvalue weighted by atomic mass is 16.3. The number of aliphatic hydroxyl groups is 1. The van der Waals surface area contributed by atoms with E-state index < -0.39 is 5.60 Å². The van der Waals surface area contributed by atoms with Crippen molar-refractivity contribution in [3.8, 4) is 5.69 Å². The topological polar surface area (TPSA) is 54.2 Å². The average Bonchev–Trinajstić information content (AvgIpc) is 2.94. The molecule has 0 aliphatic rings. The highest BCUT2D eigenvalue weighted by Crippen LogP contribution is 2.20. The molecule has 1 N–H and O–H groups in total. The fraction of sp³-hybridized carbons (Fsp3) is 0.500. The highest BCUT2D eigenvalue weighted by molar-refractivity contribution is 5.30. The van der Waals surface area contributed by atoms with Gasteiger partial charge in [-0.1, -0.05) is 30.3 Å². The van der Waals surface area contributed by atoms with Crippen molar-refractivity contribution < 1.29 is 5.11 Å². The van der Waals surface area contributed by atoms with Crippen molar-refractivity contribution in [2.24, 2.45) is 0 Å². The molecule has 1 aromatic carbocycles. The van der Waals surface area contributed by atoms with E-state index in [4.69, 9.17) is 0 Å². The largest absolute Gasteiger partial charge is 0.389 e. The quantitative estimate of drug-likeness (QED) is 0.887. The van der Waals surface area contributed by atoms with Gasteiger partial charge in [0.05, 0.1) is 29.2 Å². The van der Waals surface area contributed by atoms with Gasteiger partial charge in [0.2, 0.25) is 0 Å². The molecule has 1 aromatic heterocycles. The monoisotopic (exact) mass is 288 g/mol. The van der Waals surface area contributed by atoms with E-state index in [2.05, 4.69) is 29.1 Å². The Labute approximate surface area is 126 Å². The number of hydrogen-bond donors (Lipinski definition) is 1. The second-order valence-electron chi connectivity index (χ2n) is 5.98. The van der Waals surface area contributed by atoms with Crippen LogP contribution in [0.1, 0.15) is 39.4 Å². The maximum absolute atomic E-state index is 10.0. The van der Waals surface area contributed by atoms with Crippen molar-refractivity contribution in [1.29, 1.82) is 0 Å². The molecule has 0 saturated heterocycles.